The average Bonchev–Trinajstić information content (AvgIpc) is 2.97. The number of aliphatic imine (C=N–C) groups is 1. The lowest BCUT2D eigenvalue weighted by Crippen LogP contribution is -2.41. The molecule has 3 rings (SSSR count). The van der Waals surface area contributed by atoms with Gasteiger partial charge in [-0.1, -0.05) is 17.8 Å². The van der Waals surface area contributed by atoms with Crippen LogP contribution in [-0.4, -0.2) is 16.9 Å². The molecule has 0 spiro atoms. The van der Waals surface area contributed by atoms with E-state index in [-0.39, 0.29) is 11.7 Å². The Kier molecular flexibility index (Phi) is 4.77. The zero-order chi connectivity index (χ0) is 19.1. The number of nitrogens with two attached hydrogens (primary N) is 1. The summed E-state index contributed by atoms with van der Waals surface area (Å²) in [6, 6.07) is 4.54. The van der Waals surface area contributed by atoms with Crippen molar-refractivity contribution in [1.82, 2.24) is 5.32 Å². The molecule has 0 saturated heterocycles. The van der Waals surface area contributed by atoms with Crippen LogP contribution in [-0.2, 0) is 10.3 Å². The number of alkyl carbamates (subject to hydrolysis) is 1. The second-order valence-electron chi connectivity index (χ2n) is 7.77. The standard InChI is InChI=1S/C19H24FN3O2S/c1-18(2,3)25-17(24)22-16-23-19(4,12-6-5-7-15(12)26-16)13-10-11(21)8-9-14(13)20/h7-10,12H,5-6,21H2,1-4H3,(H,22,23,24). The van der Waals surface area contributed by atoms with Crippen LogP contribution in [0.25, 0.3) is 0 Å². The summed E-state index contributed by atoms with van der Waals surface area (Å²) in [6.45, 7) is 7.28. The molecular weight excluding hydrogens is 353 g/mol. The molecule has 1 aliphatic carbocycles. The van der Waals surface area contributed by atoms with Crippen LogP contribution in [0.15, 0.2) is 34.2 Å². The Bertz CT molecular complexity index is 800. The van der Waals surface area contributed by atoms with Crippen molar-refractivity contribution in [3.05, 3.63) is 40.6 Å². The van der Waals surface area contributed by atoms with Gasteiger partial charge in [0.2, 0.25) is 0 Å². The van der Waals surface area contributed by atoms with Crippen LogP contribution in [0.4, 0.5) is 14.9 Å². The molecule has 26 heavy (non-hydrogen) atoms. The third-order valence-corrected chi connectivity index (χ3v) is 5.59. The van der Waals surface area contributed by atoms with Gasteiger partial charge >= 0.3 is 6.09 Å². The van der Waals surface area contributed by atoms with E-state index >= 15 is 0 Å². The van der Waals surface area contributed by atoms with E-state index in [1.54, 1.807) is 26.8 Å². The van der Waals surface area contributed by atoms with E-state index in [4.69, 9.17) is 15.5 Å². The second-order valence-corrected chi connectivity index (χ2v) is 8.83. The van der Waals surface area contributed by atoms with Crippen molar-refractivity contribution in [2.45, 2.75) is 51.7 Å². The number of amides is 1. The molecule has 1 amide bonds. The minimum atomic E-state index is -0.836. The molecule has 1 heterocycles. The SMILES string of the molecule is CC(C)(C)OC(=O)NC1=NC(C)(c2cc(N)ccc2F)C2CCC=C2S1. The molecule has 1 aromatic rings. The van der Waals surface area contributed by atoms with E-state index in [1.807, 2.05) is 6.92 Å². The number of nitrogens with zero attached hydrogens (tertiary/aromatic N) is 1. The van der Waals surface area contributed by atoms with E-state index in [0.29, 0.717) is 16.4 Å². The van der Waals surface area contributed by atoms with Crippen LogP contribution < -0.4 is 11.1 Å². The number of ether oxygens (including phenoxy) is 1. The number of allylic oxidation sites excluding steroid dienone is 1. The number of carbonyl (C=O) groups is 1. The highest BCUT2D eigenvalue weighted by molar-refractivity contribution is 8.17. The maximum Gasteiger partial charge on any atom is 0.413 e. The highest BCUT2D eigenvalue weighted by atomic mass is 32.2. The van der Waals surface area contributed by atoms with Crippen LogP contribution in [0.1, 0.15) is 46.1 Å². The Labute approximate surface area is 157 Å². The molecule has 0 fully saturated rings. The number of nitrogens with one attached hydrogen (secondary N) is 1. The van der Waals surface area contributed by atoms with Gasteiger partial charge in [-0.3, -0.25) is 5.32 Å². The molecule has 0 aromatic heterocycles. The van der Waals surface area contributed by atoms with Gasteiger partial charge in [0.15, 0.2) is 5.17 Å². The van der Waals surface area contributed by atoms with E-state index in [9.17, 15) is 9.18 Å². The number of hydrogen-bond acceptors (Lipinski definition) is 5. The number of hydrogen-bond donors (Lipinski definition) is 2. The predicted molar refractivity (Wildman–Crippen MR) is 103 cm³/mol. The fraction of sp³-hybridized carbons (Fsp3) is 0.474. The number of carbonyl (C=O) groups excluding carboxylic acids is 1. The average molecular weight is 377 g/mol. The van der Waals surface area contributed by atoms with Gasteiger partial charge < -0.3 is 10.5 Å². The molecule has 1 aromatic carbocycles. The maximum absolute atomic E-state index is 14.6. The van der Waals surface area contributed by atoms with Crippen molar-refractivity contribution >= 4 is 28.7 Å². The third-order valence-electron chi connectivity index (χ3n) is 4.51. The number of nitrogen functional groups attached to an aromatic ring is 1. The summed E-state index contributed by atoms with van der Waals surface area (Å²) in [5.41, 5.74) is 5.38. The van der Waals surface area contributed by atoms with Crippen molar-refractivity contribution in [3.8, 4) is 0 Å². The zero-order valence-electron chi connectivity index (χ0n) is 15.4. The first-order valence-corrected chi connectivity index (χ1v) is 9.43. The van der Waals surface area contributed by atoms with Gasteiger partial charge in [-0.15, -0.1) is 0 Å². The molecular formula is C19H24FN3O2S. The number of anilines is 1. The van der Waals surface area contributed by atoms with E-state index < -0.39 is 17.2 Å². The number of halogens is 1. The molecule has 140 valence electrons. The third kappa shape index (κ3) is 3.72. The minimum Gasteiger partial charge on any atom is -0.444 e. The normalized spacial score (nSPS) is 25.2. The van der Waals surface area contributed by atoms with Gasteiger partial charge in [0.1, 0.15) is 11.4 Å². The minimum absolute atomic E-state index is 0.0630. The Morgan fingerprint density at radius 3 is 2.88 bits per heavy atom. The van der Waals surface area contributed by atoms with Gasteiger partial charge in [0.25, 0.3) is 0 Å². The lowest BCUT2D eigenvalue weighted by atomic mass is 9.79. The summed E-state index contributed by atoms with van der Waals surface area (Å²) < 4.78 is 19.9. The first-order chi connectivity index (χ1) is 12.1. The van der Waals surface area contributed by atoms with Crippen molar-refractivity contribution in [2.24, 2.45) is 10.9 Å². The summed E-state index contributed by atoms with van der Waals surface area (Å²) >= 11 is 1.41. The van der Waals surface area contributed by atoms with Gasteiger partial charge in [-0.25, -0.2) is 14.2 Å². The summed E-state index contributed by atoms with van der Waals surface area (Å²) in [6.07, 6.45) is 3.34. The Morgan fingerprint density at radius 2 is 2.19 bits per heavy atom. The van der Waals surface area contributed by atoms with Crippen molar-refractivity contribution in [3.63, 3.8) is 0 Å². The molecule has 1 aliphatic heterocycles. The number of thioether (sulfide) groups is 1. The van der Waals surface area contributed by atoms with Gasteiger partial charge in [-0.2, -0.15) is 0 Å². The topological polar surface area (TPSA) is 76.7 Å². The monoisotopic (exact) mass is 377 g/mol. The summed E-state index contributed by atoms with van der Waals surface area (Å²) in [5, 5.41) is 3.11. The van der Waals surface area contributed by atoms with E-state index in [1.165, 1.54) is 23.9 Å². The number of fused-ring (bicyclic) bond motifs is 1. The maximum atomic E-state index is 14.6. The Hall–Kier alpha value is -2.02. The van der Waals surface area contributed by atoms with E-state index in [0.717, 1.165) is 17.7 Å². The lowest BCUT2D eigenvalue weighted by molar-refractivity contribution is 0.0564. The molecule has 3 N–H and O–H groups in total. The fourth-order valence-electron chi connectivity index (χ4n) is 3.39. The quantitative estimate of drug-likeness (QED) is 0.704. The molecule has 2 aliphatic rings. The zero-order valence-corrected chi connectivity index (χ0v) is 16.2. The first-order valence-electron chi connectivity index (χ1n) is 8.62. The van der Waals surface area contributed by atoms with Crippen LogP contribution in [0.2, 0.25) is 0 Å². The van der Waals surface area contributed by atoms with E-state index in [2.05, 4.69) is 11.4 Å². The van der Waals surface area contributed by atoms with Crippen molar-refractivity contribution in [2.75, 3.05) is 5.73 Å². The molecule has 0 saturated carbocycles. The first kappa shape index (κ1) is 18.8. The summed E-state index contributed by atoms with van der Waals surface area (Å²) in [4.78, 5) is 18.0. The van der Waals surface area contributed by atoms with Gasteiger partial charge in [0.05, 0.1) is 5.54 Å². The highest BCUT2D eigenvalue weighted by Crippen LogP contribution is 2.52. The number of amidine groups is 1. The molecule has 0 radical (unpaired) electrons. The molecule has 2 unspecified atom stereocenters. The van der Waals surface area contributed by atoms with Crippen molar-refractivity contribution < 1.29 is 13.9 Å². The van der Waals surface area contributed by atoms with Crippen molar-refractivity contribution in [1.29, 1.82) is 0 Å². The molecule has 2 atom stereocenters. The number of benzene rings is 1. The lowest BCUT2D eigenvalue weighted by Gasteiger charge is -2.38. The van der Waals surface area contributed by atoms with Crippen LogP contribution >= 0.6 is 11.8 Å². The Balaban J connectivity index is 1.98. The Morgan fingerprint density at radius 1 is 1.46 bits per heavy atom. The van der Waals surface area contributed by atoms with Crippen LogP contribution in [0.5, 0.6) is 0 Å². The summed E-state index contributed by atoms with van der Waals surface area (Å²) in [7, 11) is 0. The fourth-order valence-corrected chi connectivity index (χ4v) is 4.68. The highest BCUT2D eigenvalue weighted by Gasteiger charge is 2.45. The molecule has 5 nitrogen and oxygen atoms in total. The molecule has 0 bridgehead atoms. The second kappa shape index (κ2) is 6.61. The smallest absolute Gasteiger partial charge is 0.413 e. The largest absolute Gasteiger partial charge is 0.444 e. The van der Waals surface area contributed by atoms with Crippen LogP contribution in [0, 0.1) is 11.7 Å². The van der Waals surface area contributed by atoms with Gasteiger partial charge in [0, 0.05) is 17.2 Å². The van der Waals surface area contributed by atoms with Gasteiger partial charge in [-0.05, 0) is 63.6 Å². The number of rotatable bonds is 1. The summed E-state index contributed by atoms with van der Waals surface area (Å²) in [5.74, 6) is -0.284. The van der Waals surface area contributed by atoms with Crippen LogP contribution in [0.3, 0.4) is 0 Å². The molecule has 7 heteroatoms. The predicted octanol–water partition coefficient (Wildman–Crippen LogP) is 4.54.